The molecule has 1 amide bonds. The zero-order chi connectivity index (χ0) is 17.9. The molecule has 4 heteroatoms. The first-order chi connectivity index (χ1) is 12.7. The lowest BCUT2D eigenvalue weighted by Crippen LogP contribution is -2.33. The maximum Gasteiger partial charge on any atom is 0.233 e. The summed E-state index contributed by atoms with van der Waals surface area (Å²) < 4.78 is 0. The minimum Gasteiger partial charge on any atom is -0.335 e. The number of carbonyl (C=O) groups excluding carboxylic acids is 1. The fourth-order valence-corrected chi connectivity index (χ4v) is 4.06. The fourth-order valence-electron chi connectivity index (χ4n) is 3.20. The smallest absolute Gasteiger partial charge is 0.233 e. The van der Waals surface area contributed by atoms with Crippen molar-refractivity contribution in [2.45, 2.75) is 37.4 Å². The molecule has 1 aliphatic carbocycles. The van der Waals surface area contributed by atoms with Crippen LogP contribution < -0.4 is 0 Å². The van der Waals surface area contributed by atoms with Gasteiger partial charge in [0.25, 0.3) is 0 Å². The zero-order valence-electron chi connectivity index (χ0n) is 14.9. The molecule has 1 heterocycles. The van der Waals surface area contributed by atoms with Gasteiger partial charge < -0.3 is 4.90 Å². The highest BCUT2D eigenvalue weighted by molar-refractivity contribution is 7.99. The Balaban J connectivity index is 1.45. The first kappa shape index (κ1) is 17.1. The molecule has 0 aliphatic heterocycles. The Bertz CT molecular complexity index is 922. The van der Waals surface area contributed by atoms with E-state index in [1.54, 1.807) is 0 Å². The number of hydrogen-bond donors (Lipinski definition) is 0. The normalized spacial score (nSPS) is 13.7. The number of para-hydroxylation sites is 1. The summed E-state index contributed by atoms with van der Waals surface area (Å²) in [7, 11) is 0. The Hall–Kier alpha value is -2.33. The molecule has 0 atom stereocenters. The lowest BCUT2D eigenvalue weighted by molar-refractivity contribution is -0.129. The van der Waals surface area contributed by atoms with Crippen LogP contribution in [0.15, 0.2) is 65.7 Å². The van der Waals surface area contributed by atoms with Gasteiger partial charge >= 0.3 is 0 Å². The largest absolute Gasteiger partial charge is 0.335 e. The molecule has 132 valence electrons. The Labute approximate surface area is 158 Å². The second kappa shape index (κ2) is 7.50. The molecule has 4 rings (SSSR count). The Kier molecular flexibility index (Phi) is 4.93. The van der Waals surface area contributed by atoms with E-state index in [4.69, 9.17) is 4.98 Å². The molecule has 0 N–H and O–H groups in total. The van der Waals surface area contributed by atoms with Crippen molar-refractivity contribution in [1.29, 1.82) is 0 Å². The van der Waals surface area contributed by atoms with Crippen molar-refractivity contribution in [2.24, 2.45) is 0 Å². The second-order valence-corrected chi connectivity index (χ2v) is 7.82. The average molecular weight is 362 g/mol. The molecule has 1 fully saturated rings. The molecule has 1 saturated carbocycles. The number of benzene rings is 2. The van der Waals surface area contributed by atoms with Gasteiger partial charge in [0.05, 0.1) is 16.3 Å². The number of amides is 1. The first-order valence-electron chi connectivity index (χ1n) is 9.03. The lowest BCUT2D eigenvalue weighted by atomic mass is 10.1. The van der Waals surface area contributed by atoms with Crippen molar-refractivity contribution < 1.29 is 4.79 Å². The number of thioether (sulfide) groups is 1. The van der Waals surface area contributed by atoms with Gasteiger partial charge in [0.15, 0.2) is 0 Å². The van der Waals surface area contributed by atoms with Crippen molar-refractivity contribution >= 4 is 28.6 Å². The van der Waals surface area contributed by atoms with Gasteiger partial charge in [-0.05, 0) is 43.0 Å². The molecule has 3 nitrogen and oxygen atoms in total. The third-order valence-electron chi connectivity index (χ3n) is 4.75. The van der Waals surface area contributed by atoms with E-state index in [1.807, 2.05) is 41.3 Å². The number of aromatic nitrogens is 1. The summed E-state index contributed by atoms with van der Waals surface area (Å²) in [5, 5.41) is 2.09. The Morgan fingerprint density at radius 1 is 1.12 bits per heavy atom. The second-order valence-electron chi connectivity index (χ2n) is 6.82. The number of carbonyl (C=O) groups is 1. The molecule has 0 radical (unpaired) electrons. The van der Waals surface area contributed by atoms with Crippen LogP contribution in [0.2, 0.25) is 0 Å². The van der Waals surface area contributed by atoms with Gasteiger partial charge in [-0.3, -0.25) is 4.79 Å². The molecule has 1 aromatic heterocycles. The van der Waals surface area contributed by atoms with Crippen LogP contribution in [-0.4, -0.2) is 27.6 Å². The molecule has 3 aromatic rings. The van der Waals surface area contributed by atoms with Crippen LogP contribution in [0, 0.1) is 6.92 Å². The third-order valence-corrected chi connectivity index (χ3v) is 5.64. The van der Waals surface area contributed by atoms with Crippen LogP contribution in [0.4, 0.5) is 0 Å². The van der Waals surface area contributed by atoms with Gasteiger partial charge in [0.2, 0.25) is 5.91 Å². The van der Waals surface area contributed by atoms with E-state index < -0.39 is 0 Å². The van der Waals surface area contributed by atoms with Gasteiger partial charge in [-0.2, -0.15) is 0 Å². The predicted octanol–water partition coefficient (Wildman–Crippen LogP) is 4.83. The number of rotatable bonds is 6. The van der Waals surface area contributed by atoms with Crippen LogP contribution in [0.5, 0.6) is 0 Å². The maximum atomic E-state index is 12.8. The standard InChI is InChI=1S/C22H22N2OS/c1-16-13-21(23-20-10-6-5-9-19(16)20)26-15-22(25)24(18-11-12-18)14-17-7-3-2-4-8-17/h2-10,13,18H,11-12,14-15H2,1H3. The van der Waals surface area contributed by atoms with Crippen LogP contribution in [-0.2, 0) is 11.3 Å². The molecule has 0 bridgehead atoms. The highest BCUT2D eigenvalue weighted by Crippen LogP contribution is 2.30. The number of fused-ring (bicyclic) bond motifs is 1. The molecule has 0 saturated heterocycles. The van der Waals surface area contributed by atoms with E-state index >= 15 is 0 Å². The lowest BCUT2D eigenvalue weighted by Gasteiger charge is -2.22. The summed E-state index contributed by atoms with van der Waals surface area (Å²) in [6.07, 6.45) is 2.24. The SMILES string of the molecule is Cc1cc(SCC(=O)N(Cc2ccccc2)C2CC2)nc2ccccc12. The van der Waals surface area contributed by atoms with Crippen molar-refractivity contribution in [2.75, 3.05) is 5.75 Å². The molecule has 2 aromatic carbocycles. The minimum absolute atomic E-state index is 0.203. The van der Waals surface area contributed by atoms with Crippen LogP contribution in [0.3, 0.4) is 0 Å². The summed E-state index contributed by atoms with van der Waals surface area (Å²) in [5.41, 5.74) is 3.39. The molecule has 0 unspecified atom stereocenters. The van der Waals surface area contributed by atoms with Gasteiger partial charge in [-0.15, -0.1) is 0 Å². The Morgan fingerprint density at radius 3 is 2.62 bits per heavy atom. The molecular weight excluding hydrogens is 340 g/mol. The van der Waals surface area contributed by atoms with Crippen molar-refractivity contribution in [1.82, 2.24) is 9.88 Å². The maximum absolute atomic E-state index is 12.8. The molecular formula is C22H22N2OS. The quantitative estimate of drug-likeness (QED) is 0.589. The van der Waals surface area contributed by atoms with E-state index in [1.165, 1.54) is 28.3 Å². The van der Waals surface area contributed by atoms with Gasteiger partial charge in [0, 0.05) is 18.0 Å². The third kappa shape index (κ3) is 3.91. The number of aryl methyl sites for hydroxylation is 1. The number of hydrogen-bond acceptors (Lipinski definition) is 3. The summed E-state index contributed by atoms with van der Waals surface area (Å²) in [6, 6.07) is 20.9. The number of pyridine rings is 1. The molecule has 26 heavy (non-hydrogen) atoms. The average Bonchev–Trinajstić information content (AvgIpc) is 3.50. The molecule has 1 aliphatic rings. The van der Waals surface area contributed by atoms with Crippen LogP contribution >= 0.6 is 11.8 Å². The first-order valence-corrected chi connectivity index (χ1v) is 10.0. The van der Waals surface area contributed by atoms with E-state index in [-0.39, 0.29) is 5.91 Å². The topological polar surface area (TPSA) is 33.2 Å². The van der Waals surface area contributed by atoms with Crippen molar-refractivity contribution in [3.8, 4) is 0 Å². The monoisotopic (exact) mass is 362 g/mol. The van der Waals surface area contributed by atoms with E-state index in [0.29, 0.717) is 18.3 Å². The van der Waals surface area contributed by atoms with Crippen molar-refractivity contribution in [3.05, 3.63) is 71.8 Å². The van der Waals surface area contributed by atoms with Crippen LogP contribution in [0.25, 0.3) is 10.9 Å². The summed E-state index contributed by atoms with van der Waals surface area (Å²) in [6.45, 7) is 2.80. The summed E-state index contributed by atoms with van der Waals surface area (Å²) in [5.74, 6) is 0.641. The van der Waals surface area contributed by atoms with E-state index in [9.17, 15) is 4.79 Å². The predicted molar refractivity (Wildman–Crippen MR) is 107 cm³/mol. The van der Waals surface area contributed by atoms with Gasteiger partial charge in [-0.1, -0.05) is 60.3 Å². The summed E-state index contributed by atoms with van der Waals surface area (Å²) >= 11 is 1.54. The highest BCUT2D eigenvalue weighted by atomic mass is 32.2. The molecule has 0 spiro atoms. The van der Waals surface area contributed by atoms with Crippen LogP contribution in [0.1, 0.15) is 24.0 Å². The Morgan fingerprint density at radius 2 is 1.85 bits per heavy atom. The highest BCUT2D eigenvalue weighted by Gasteiger charge is 2.32. The zero-order valence-corrected chi connectivity index (χ0v) is 15.7. The number of nitrogens with zero attached hydrogens (tertiary/aromatic N) is 2. The van der Waals surface area contributed by atoms with E-state index in [0.717, 1.165) is 23.4 Å². The summed E-state index contributed by atoms with van der Waals surface area (Å²) in [4.78, 5) is 19.6. The fraction of sp³-hybridized carbons (Fsp3) is 0.273. The van der Waals surface area contributed by atoms with Crippen molar-refractivity contribution in [3.63, 3.8) is 0 Å². The minimum atomic E-state index is 0.203. The van der Waals surface area contributed by atoms with Gasteiger partial charge in [-0.25, -0.2) is 4.98 Å². The van der Waals surface area contributed by atoms with Gasteiger partial charge in [0.1, 0.15) is 0 Å². The van der Waals surface area contributed by atoms with E-state index in [2.05, 4.69) is 31.2 Å².